The van der Waals surface area contributed by atoms with Gasteiger partial charge in [-0.25, -0.2) is 0 Å². The van der Waals surface area contributed by atoms with Crippen molar-refractivity contribution in [3.63, 3.8) is 0 Å². The molecule has 1 unspecified atom stereocenters. The lowest BCUT2D eigenvalue weighted by Gasteiger charge is -2.35. The van der Waals surface area contributed by atoms with Crippen LogP contribution in [0.2, 0.25) is 0 Å². The summed E-state index contributed by atoms with van der Waals surface area (Å²) in [6.45, 7) is 8.41. The molecule has 0 aromatic rings. The van der Waals surface area contributed by atoms with Crippen molar-refractivity contribution in [1.29, 1.82) is 0 Å². The van der Waals surface area contributed by atoms with Gasteiger partial charge in [-0.1, -0.05) is 6.92 Å². The summed E-state index contributed by atoms with van der Waals surface area (Å²) in [6.07, 6.45) is 1.03. The van der Waals surface area contributed by atoms with E-state index in [-0.39, 0.29) is 5.60 Å². The average molecular weight is 172 g/mol. The topological polar surface area (TPSA) is 18.5 Å². The van der Waals surface area contributed by atoms with Gasteiger partial charge in [-0.2, -0.15) is 0 Å². The van der Waals surface area contributed by atoms with Gasteiger partial charge in [0.25, 0.3) is 0 Å². The lowest BCUT2D eigenvalue weighted by molar-refractivity contribution is 0.0782. The summed E-state index contributed by atoms with van der Waals surface area (Å²) in [5.74, 6) is 1.08. The van der Waals surface area contributed by atoms with Crippen LogP contribution in [0.25, 0.3) is 0 Å². The van der Waals surface area contributed by atoms with E-state index in [4.69, 9.17) is 8.85 Å². The van der Waals surface area contributed by atoms with Crippen LogP contribution in [0.5, 0.6) is 0 Å². The molecule has 3 heteroatoms. The second-order valence-electron chi connectivity index (χ2n) is 3.17. The van der Waals surface area contributed by atoms with E-state index in [0.29, 0.717) is 0 Å². The second kappa shape index (κ2) is 2.99. The molecule has 1 aliphatic rings. The Bertz CT molecular complexity index is 189. The fourth-order valence-corrected chi connectivity index (χ4v) is 2.34. The molecule has 0 spiro atoms. The van der Waals surface area contributed by atoms with E-state index in [1.165, 1.54) is 5.57 Å². The highest BCUT2D eigenvalue weighted by Gasteiger charge is 2.30. The number of hydrogen-bond donors (Lipinski definition) is 0. The average Bonchev–Trinajstić information content (AvgIpc) is 2.00. The molecular formula is C8H16O2Si. The molecule has 0 N–H and O–H groups in total. The van der Waals surface area contributed by atoms with Gasteiger partial charge >= 0.3 is 10.0 Å². The normalized spacial score (nSPS) is 34.2. The molecule has 0 radical (unpaired) electrons. The van der Waals surface area contributed by atoms with Gasteiger partial charge in [0.1, 0.15) is 0 Å². The molecule has 0 aromatic heterocycles. The Kier molecular flexibility index (Phi) is 2.39. The summed E-state index contributed by atoms with van der Waals surface area (Å²) in [5.41, 5.74) is 1.22. The van der Waals surface area contributed by atoms with E-state index < -0.39 is 10.0 Å². The summed E-state index contributed by atoms with van der Waals surface area (Å²) in [4.78, 5) is 0. The summed E-state index contributed by atoms with van der Waals surface area (Å²) < 4.78 is 11.0. The molecule has 11 heavy (non-hydrogen) atoms. The fraction of sp³-hybridized carbons (Fsp3) is 0.750. The van der Waals surface area contributed by atoms with Crippen LogP contribution in [-0.2, 0) is 8.85 Å². The minimum Gasteiger partial charge on any atom is -0.528 e. The summed E-state index contributed by atoms with van der Waals surface area (Å²) >= 11 is 0. The van der Waals surface area contributed by atoms with Crippen LogP contribution in [0.3, 0.4) is 0 Å². The Balaban J connectivity index is 2.90. The predicted molar refractivity (Wildman–Crippen MR) is 47.8 cm³/mol. The quantitative estimate of drug-likeness (QED) is 0.558. The molecule has 0 saturated carbocycles. The van der Waals surface area contributed by atoms with Gasteiger partial charge in [-0.05, 0) is 32.8 Å². The maximum Gasteiger partial charge on any atom is 0.366 e. The Morgan fingerprint density at radius 3 is 2.55 bits per heavy atom. The number of hydrogen-bond acceptors (Lipinski definition) is 2. The van der Waals surface area contributed by atoms with Gasteiger partial charge in [0.2, 0.25) is 0 Å². The zero-order valence-corrected chi connectivity index (χ0v) is 9.14. The summed E-state index contributed by atoms with van der Waals surface area (Å²) in [6, 6.07) is 0. The molecule has 64 valence electrons. The first-order chi connectivity index (χ1) is 5.10. The first-order valence-electron chi connectivity index (χ1n) is 4.05. The molecule has 0 aromatic carbocycles. The fourth-order valence-electron chi connectivity index (χ4n) is 1.20. The third-order valence-corrected chi connectivity index (χ3v) is 3.95. The first kappa shape index (κ1) is 8.81. The van der Waals surface area contributed by atoms with Crippen LogP contribution in [0, 0.1) is 0 Å². The Morgan fingerprint density at radius 2 is 2.09 bits per heavy atom. The molecule has 0 saturated heterocycles. The Hall–Kier alpha value is -0.283. The van der Waals surface area contributed by atoms with Crippen LogP contribution in [0.1, 0.15) is 34.1 Å². The molecule has 0 amide bonds. The van der Waals surface area contributed by atoms with Crippen molar-refractivity contribution in [2.45, 2.75) is 39.7 Å². The van der Waals surface area contributed by atoms with Gasteiger partial charge < -0.3 is 8.85 Å². The minimum atomic E-state index is -0.744. The van der Waals surface area contributed by atoms with E-state index in [1.807, 2.05) is 6.92 Å². The van der Waals surface area contributed by atoms with Crippen molar-refractivity contribution in [3.05, 3.63) is 11.3 Å². The Morgan fingerprint density at radius 1 is 1.45 bits per heavy atom. The lowest BCUT2D eigenvalue weighted by atomic mass is 9.93. The van der Waals surface area contributed by atoms with Gasteiger partial charge in [-0.15, -0.1) is 0 Å². The lowest BCUT2D eigenvalue weighted by Crippen LogP contribution is -2.36. The van der Waals surface area contributed by atoms with Crippen LogP contribution in [0.4, 0.5) is 0 Å². The molecule has 1 rings (SSSR count). The molecule has 1 atom stereocenters. The van der Waals surface area contributed by atoms with Gasteiger partial charge in [0, 0.05) is 0 Å². The van der Waals surface area contributed by atoms with Gasteiger partial charge in [-0.3, -0.25) is 0 Å². The molecule has 1 heterocycles. The molecule has 0 aliphatic carbocycles. The third kappa shape index (κ3) is 1.49. The number of allylic oxidation sites excluding steroid dienone is 1. The Labute approximate surface area is 70.6 Å². The van der Waals surface area contributed by atoms with E-state index >= 15 is 0 Å². The van der Waals surface area contributed by atoms with Crippen molar-refractivity contribution >= 4 is 10.0 Å². The van der Waals surface area contributed by atoms with Gasteiger partial charge in [0.05, 0.1) is 11.4 Å². The maximum absolute atomic E-state index is 5.66. The van der Waals surface area contributed by atoms with Crippen molar-refractivity contribution in [2.75, 3.05) is 0 Å². The largest absolute Gasteiger partial charge is 0.528 e. The molecular weight excluding hydrogens is 156 g/mol. The zero-order valence-electron chi connectivity index (χ0n) is 7.73. The van der Waals surface area contributed by atoms with E-state index in [1.54, 1.807) is 0 Å². The molecule has 1 aliphatic heterocycles. The van der Waals surface area contributed by atoms with Crippen LogP contribution < -0.4 is 0 Å². The zero-order chi connectivity index (χ0) is 8.48. The van der Waals surface area contributed by atoms with E-state index in [9.17, 15) is 0 Å². The highest BCUT2D eigenvalue weighted by atomic mass is 28.3. The van der Waals surface area contributed by atoms with Crippen molar-refractivity contribution < 1.29 is 8.85 Å². The van der Waals surface area contributed by atoms with Crippen LogP contribution in [-0.4, -0.2) is 15.6 Å². The predicted octanol–water partition coefficient (Wildman–Crippen LogP) is 1.49. The second-order valence-corrected chi connectivity index (χ2v) is 3.99. The first-order valence-corrected chi connectivity index (χ1v) is 5.20. The standard InChI is InChI=1S/C8H16O2Si/c1-5-8(4)6(2)7(3)9-11-10-8/h5,11H2,1-4H3. The molecule has 0 bridgehead atoms. The van der Waals surface area contributed by atoms with Crippen molar-refractivity contribution in [2.24, 2.45) is 0 Å². The van der Waals surface area contributed by atoms with Gasteiger partial charge in [0.15, 0.2) is 0 Å². The van der Waals surface area contributed by atoms with E-state index in [2.05, 4.69) is 20.8 Å². The molecule has 0 fully saturated rings. The van der Waals surface area contributed by atoms with Crippen LogP contribution in [0.15, 0.2) is 11.3 Å². The highest BCUT2D eigenvalue weighted by Crippen LogP contribution is 2.30. The highest BCUT2D eigenvalue weighted by molar-refractivity contribution is 6.19. The summed E-state index contributed by atoms with van der Waals surface area (Å²) in [7, 11) is -0.744. The number of rotatable bonds is 1. The maximum atomic E-state index is 5.66. The van der Waals surface area contributed by atoms with E-state index in [0.717, 1.165) is 12.2 Å². The third-order valence-electron chi connectivity index (χ3n) is 2.65. The monoisotopic (exact) mass is 172 g/mol. The minimum absolute atomic E-state index is 0.0332. The van der Waals surface area contributed by atoms with Crippen molar-refractivity contribution in [3.8, 4) is 0 Å². The SMILES string of the molecule is CCC1(C)O[SiH2]OC(C)=C1C. The van der Waals surface area contributed by atoms with Crippen molar-refractivity contribution in [1.82, 2.24) is 0 Å². The van der Waals surface area contributed by atoms with Crippen LogP contribution >= 0.6 is 0 Å². The smallest absolute Gasteiger partial charge is 0.366 e. The summed E-state index contributed by atoms with van der Waals surface area (Å²) in [5, 5.41) is 0. The molecule has 2 nitrogen and oxygen atoms in total.